The normalized spacial score (nSPS) is 12.5. The van der Waals surface area contributed by atoms with Crippen LogP contribution in [0.15, 0.2) is 249 Å². The van der Waals surface area contributed by atoms with Crippen LogP contribution in [0.1, 0.15) is 38.9 Å². The number of fused-ring (bicyclic) bond motifs is 12. The van der Waals surface area contributed by atoms with Crippen LogP contribution in [0.5, 0.6) is 0 Å². The Hall–Kier alpha value is -8.77. The Morgan fingerprint density at radius 3 is 1.59 bits per heavy atom. The Morgan fingerprint density at radius 1 is 0.464 bits per heavy atom. The number of nitrogen functional groups attached to an aromatic ring is 1. The molecule has 0 unspecified atom stereocenters. The summed E-state index contributed by atoms with van der Waals surface area (Å²) in [6.45, 7) is 2.72. The first-order chi connectivity index (χ1) is 34.0. The van der Waals surface area contributed by atoms with Crippen molar-refractivity contribution in [1.82, 2.24) is 4.57 Å². The zero-order valence-corrected chi connectivity index (χ0v) is 38.4. The van der Waals surface area contributed by atoms with E-state index in [1.807, 2.05) is 54.6 Å². The lowest BCUT2D eigenvalue weighted by Gasteiger charge is -2.45. The lowest BCUT2D eigenvalue weighted by atomic mass is 9.64. The zero-order chi connectivity index (χ0) is 46.9. The Kier molecular flexibility index (Phi) is 11.3. The summed E-state index contributed by atoms with van der Waals surface area (Å²) in [4.78, 5) is 2.39. The van der Waals surface area contributed by atoms with Crippen LogP contribution in [0.3, 0.4) is 0 Å². The summed E-state index contributed by atoms with van der Waals surface area (Å²) in [5.74, 6) is 0.0682. The maximum atomic E-state index is 8.81. The summed E-state index contributed by atoms with van der Waals surface area (Å²) in [7, 11) is 0. The maximum absolute atomic E-state index is 8.81. The molecule has 0 amide bonds. The van der Waals surface area contributed by atoms with E-state index in [0.29, 0.717) is 6.54 Å². The van der Waals surface area contributed by atoms with Gasteiger partial charge in [-0.05, 0) is 118 Å². The molecule has 10 aromatic carbocycles. The molecule has 0 saturated heterocycles. The van der Waals surface area contributed by atoms with Crippen LogP contribution in [0, 0.1) is 12.3 Å². The minimum absolute atomic E-state index is 0.0682. The van der Waals surface area contributed by atoms with E-state index in [9.17, 15) is 0 Å². The fraction of sp³-hybridized carbons (Fsp3) is 0.0469. The van der Waals surface area contributed by atoms with E-state index < -0.39 is 5.41 Å². The lowest BCUT2D eigenvalue weighted by molar-refractivity contribution is 0.752. The molecule has 1 aromatic heterocycles. The molecule has 1 aliphatic heterocycles. The third-order valence-corrected chi connectivity index (χ3v) is 13.6. The first kappa shape index (κ1) is 42.8. The van der Waals surface area contributed by atoms with Crippen molar-refractivity contribution in [3.8, 4) is 27.9 Å². The van der Waals surface area contributed by atoms with Crippen molar-refractivity contribution in [2.45, 2.75) is 18.9 Å². The van der Waals surface area contributed by atoms with Gasteiger partial charge in [0.15, 0.2) is 0 Å². The highest BCUT2D eigenvalue weighted by molar-refractivity contribution is 6.11. The Morgan fingerprint density at radius 2 is 0.986 bits per heavy atom. The van der Waals surface area contributed by atoms with Crippen molar-refractivity contribution < 1.29 is 0 Å². The number of nitrogens with zero attached hydrogens (tertiary/aromatic N) is 2. The standard InChI is InChI=1S/C50H34N4.C7H9N.C7H8/c51-49(52)37-19-13-22-43-48(37)39-31-32(33-27-29-45-38(30-33)36-18-7-10-23-44(36)53(45)34-14-3-1-4-15-34)26-28-40(39)50(43)41-20-8-11-24-46(41)54(35-16-5-2-6-17-35)47-25-12-9-21-42(47)50;8-6-7-4-2-1-3-5-7;1-7-5-3-2-4-6-7/h1-31H,(H3,51,52);1-5H,6,8H2;2-6H,1H3. The fourth-order valence-electron chi connectivity index (χ4n) is 10.6. The number of amidine groups is 1. The van der Waals surface area contributed by atoms with Crippen LogP contribution in [0.2, 0.25) is 0 Å². The predicted molar refractivity (Wildman–Crippen MR) is 288 cm³/mol. The molecule has 2 heterocycles. The molecule has 5 heteroatoms. The summed E-state index contributed by atoms with van der Waals surface area (Å²) in [6, 6.07) is 87.8. The van der Waals surface area contributed by atoms with Crippen molar-refractivity contribution in [3.05, 3.63) is 288 Å². The van der Waals surface area contributed by atoms with E-state index in [1.54, 1.807) is 0 Å². The van der Waals surface area contributed by atoms with Gasteiger partial charge in [-0.3, -0.25) is 5.41 Å². The molecule has 0 bridgehead atoms. The van der Waals surface area contributed by atoms with Crippen molar-refractivity contribution in [1.29, 1.82) is 5.41 Å². The van der Waals surface area contributed by atoms with E-state index in [-0.39, 0.29) is 5.84 Å². The minimum atomic E-state index is -0.625. The molecule has 11 aromatic rings. The number of nitrogens with one attached hydrogen (secondary N) is 1. The van der Waals surface area contributed by atoms with E-state index in [2.05, 4.69) is 211 Å². The molecule has 5 N–H and O–H groups in total. The fourth-order valence-corrected chi connectivity index (χ4v) is 10.6. The lowest BCUT2D eigenvalue weighted by Crippen LogP contribution is -2.36. The smallest absolute Gasteiger partial charge is 0.123 e. The topological polar surface area (TPSA) is 84.1 Å². The van der Waals surface area contributed by atoms with E-state index >= 15 is 0 Å². The van der Waals surface area contributed by atoms with Gasteiger partial charge < -0.3 is 20.9 Å². The third-order valence-electron chi connectivity index (χ3n) is 13.6. The van der Waals surface area contributed by atoms with Crippen LogP contribution in [-0.2, 0) is 12.0 Å². The van der Waals surface area contributed by atoms with Gasteiger partial charge in [0.2, 0.25) is 0 Å². The van der Waals surface area contributed by atoms with Crippen LogP contribution < -0.4 is 16.4 Å². The highest BCUT2D eigenvalue weighted by Crippen LogP contribution is 2.64. The Labute approximate surface area is 403 Å². The highest BCUT2D eigenvalue weighted by Gasteiger charge is 2.52. The summed E-state index contributed by atoms with van der Waals surface area (Å²) < 4.78 is 2.35. The van der Waals surface area contributed by atoms with Gasteiger partial charge in [0, 0.05) is 34.3 Å². The van der Waals surface area contributed by atoms with Gasteiger partial charge in [-0.25, -0.2) is 0 Å². The molecule has 0 radical (unpaired) electrons. The Bertz CT molecular complexity index is 3590. The Balaban J connectivity index is 0.000000297. The summed E-state index contributed by atoms with van der Waals surface area (Å²) in [5, 5.41) is 11.2. The quantitative estimate of drug-likeness (QED) is 0.119. The molecule has 0 fully saturated rings. The number of rotatable bonds is 5. The SMILES string of the molecule is Cc1ccccc1.N=C(N)c1cccc2c1-c1cc(-c3ccc4c(c3)c3ccccc3n4-c3ccccc3)ccc1C21c2ccccc2N(c2ccccc2)c2ccccc21.NCc1ccccc1. The number of nitrogens with two attached hydrogens (primary N) is 2. The van der Waals surface area contributed by atoms with E-state index in [1.165, 1.54) is 49.6 Å². The first-order valence-electron chi connectivity index (χ1n) is 23.5. The molecule has 0 atom stereocenters. The van der Waals surface area contributed by atoms with Gasteiger partial charge in [0.05, 0.1) is 27.8 Å². The number of aryl methyl sites for hydroxylation is 1. The molecular formula is C64H51N5. The van der Waals surface area contributed by atoms with Crippen LogP contribution in [0.25, 0.3) is 49.7 Å². The number of hydrogen-bond donors (Lipinski definition) is 3. The third kappa shape index (κ3) is 7.37. The van der Waals surface area contributed by atoms with Gasteiger partial charge in [-0.1, -0.05) is 194 Å². The minimum Gasteiger partial charge on any atom is -0.384 e. The molecule has 2 aliphatic rings. The molecular weight excluding hydrogens is 839 g/mol. The molecule has 69 heavy (non-hydrogen) atoms. The second kappa shape index (κ2) is 18.1. The van der Waals surface area contributed by atoms with Crippen molar-refractivity contribution in [2.24, 2.45) is 11.5 Å². The average molecular weight is 890 g/mol. The van der Waals surface area contributed by atoms with Gasteiger partial charge in [0.25, 0.3) is 0 Å². The van der Waals surface area contributed by atoms with Crippen LogP contribution >= 0.6 is 0 Å². The number of benzene rings is 10. The predicted octanol–water partition coefficient (Wildman–Crippen LogP) is 15.0. The number of aromatic nitrogens is 1. The molecule has 1 spiro atoms. The number of hydrogen-bond acceptors (Lipinski definition) is 3. The van der Waals surface area contributed by atoms with Gasteiger partial charge in [0.1, 0.15) is 5.84 Å². The summed E-state index contributed by atoms with van der Waals surface area (Å²) in [5.41, 5.74) is 30.5. The van der Waals surface area contributed by atoms with Crippen LogP contribution in [0.4, 0.5) is 17.1 Å². The van der Waals surface area contributed by atoms with Gasteiger partial charge in [-0.15, -0.1) is 0 Å². The van der Waals surface area contributed by atoms with Gasteiger partial charge >= 0.3 is 0 Å². The van der Waals surface area contributed by atoms with Crippen LogP contribution in [-0.4, -0.2) is 10.4 Å². The van der Waals surface area contributed by atoms with Crippen molar-refractivity contribution in [3.63, 3.8) is 0 Å². The van der Waals surface area contributed by atoms with Crippen molar-refractivity contribution in [2.75, 3.05) is 4.90 Å². The molecule has 332 valence electrons. The molecule has 0 saturated carbocycles. The molecule has 5 nitrogen and oxygen atoms in total. The monoisotopic (exact) mass is 889 g/mol. The number of para-hydroxylation sites is 5. The number of anilines is 3. The van der Waals surface area contributed by atoms with Gasteiger partial charge in [-0.2, -0.15) is 0 Å². The second-order valence-corrected chi connectivity index (χ2v) is 17.6. The second-order valence-electron chi connectivity index (χ2n) is 17.6. The van der Waals surface area contributed by atoms with E-state index in [4.69, 9.17) is 16.9 Å². The first-order valence-corrected chi connectivity index (χ1v) is 23.5. The van der Waals surface area contributed by atoms with Crippen molar-refractivity contribution >= 4 is 44.7 Å². The van der Waals surface area contributed by atoms with E-state index in [0.717, 1.165) is 56.1 Å². The molecule has 1 aliphatic carbocycles. The maximum Gasteiger partial charge on any atom is 0.123 e. The summed E-state index contributed by atoms with van der Waals surface area (Å²) in [6.07, 6.45) is 0. The average Bonchev–Trinajstić information content (AvgIpc) is 3.90. The summed E-state index contributed by atoms with van der Waals surface area (Å²) >= 11 is 0. The zero-order valence-electron chi connectivity index (χ0n) is 38.4. The molecule has 13 rings (SSSR count). The highest BCUT2D eigenvalue weighted by atomic mass is 15.2. The largest absolute Gasteiger partial charge is 0.384 e.